The van der Waals surface area contributed by atoms with Crippen LogP contribution in [0.3, 0.4) is 0 Å². The molecule has 2 fully saturated rings. The second-order valence-corrected chi connectivity index (χ2v) is 17.5. The summed E-state index contributed by atoms with van der Waals surface area (Å²) in [6, 6.07) is 17.9. The molecule has 15 heteroatoms. The number of nitrogens with one attached hydrogen (secondary N) is 1. The number of rotatable bonds is 13. The summed E-state index contributed by atoms with van der Waals surface area (Å²) in [7, 11) is 0.164. The molecular weight excluding hydrogens is 775 g/mol. The molecule has 1 aliphatic heterocycles. The SMILES string of the molecule is COc1nc(-c2cccc(-c3cccc4c3CC[C@@H]4Oc3nc(OC)c(CN4CC[C@@H](C(=O)N=S(C)(N)=O)C4)cc3Cl)c2Cl)ccc1CNC[C@@H]1CCC(=O)C1. The first-order chi connectivity index (χ1) is 26.9. The number of nitrogens with zero attached hydrogens (tertiary/aromatic N) is 4. The zero-order valence-electron chi connectivity index (χ0n) is 31.7. The number of ether oxygens (including phenoxy) is 3. The minimum absolute atomic E-state index is 0.275. The molecule has 56 heavy (non-hydrogen) atoms. The molecule has 3 heterocycles. The van der Waals surface area contributed by atoms with Crippen LogP contribution in [0.25, 0.3) is 22.4 Å². The van der Waals surface area contributed by atoms with Crippen LogP contribution in [-0.4, -0.2) is 70.9 Å². The second kappa shape index (κ2) is 17.2. The number of amides is 1. The number of ketones is 1. The summed E-state index contributed by atoms with van der Waals surface area (Å²) in [5.74, 6) is 1.11. The maximum atomic E-state index is 12.5. The van der Waals surface area contributed by atoms with Gasteiger partial charge < -0.3 is 19.5 Å². The molecule has 2 aromatic heterocycles. The van der Waals surface area contributed by atoms with Crippen molar-refractivity contribution in [1.29, 1.82) is 0 Å². The van der Waals surface area contributed by atoms with Crippen molar-refractivity contribution in [1.82, 2.24) is 20.2 Å². The lowest BCUT2D eigenvalue weighted by molar-refractivity contribution is -0.121. The van der Waals surface area contributed by atoms with Crippen molar-refractivity contribution < 1.29 is 28.0 Å². The van der Waals surface area contributed by atoms with Crippen molar-refractivity contribution in [3.63, 3.8) is 0 Å². The van der Waals surface area contributed by atoms with E-state index in [-0.39, 0.29) is 17.9 Å². The number of Topliss-reactive ketones (excluding diaryl/α,β-unsaturated/α-hetero) is 1. The Balaban J connectivity index is 1.06. The van der Waals surface area contributed by atoms with Gasteiger partial charge in [0.2, 0.25) is 17.6 Å². The number of methoxy groups -OCH3 is 2. The Morgan fingerprint density at radius 3 is 2.46 bits per heavy atom. The molecule has 1 amide bonds. The molecule has 3 aliphatic rings. The van der Waals surface area contributed by atoms with Crippen molar-refractivity contribution in [2.45, 2.75) is 57.7 Å². The molecular formula is C41H46Cl2N6O6S. The van der Waals surface area contributed by atoms with Crippen LogP contribution in [0.4, 0.5) is 0 Å². The maximum absolute atomic E-state index is 12.5. The first kappa shape index (κ1) is 40.1. The first-order valence-corrected chi connectivity index (χ1v) is 21.5. The van der Waals surface area contributed by atoms with Gasteiger partial charge in [-0.3, -0.25) is 14.5 Å². The van der Waals surface area contributed by atoms with Crippen molar-refractivity contribution in [2.75, 3.05) is 40.1 Å². The van der Waals surface area contributed by atoms with E-state index in [0.717, 1.165) is 64.8 Å². The highest BCUT2D eigenvalue weighted by Gasteiger charge is 2.32. The van der Waals surface area contributed by atoms with Crippen LogP contribution >= 0.6 is 23.2 Å². The van der Waals surface area contributed by atoms with Crippen molar-refractivity contribution in [2.24, 2.45) is 21.3 Å². The maximum Gasteiger partial charge on any atom is 0.259 e. The summed E-state index contributed by atoms with van der Waals surface area (Å²) in [5, 5.41) is 9.89. The Bertz CT molecular complexity index is 2270. The highest BCUT2D eigenvalue weighted by atomic mass is 35.5. The predicted octanol–water partition coefficient (Wildman–Crippen LogP) is 6.98. The van der Waals surface area contributed by atoms with Crippen LogP contribution in [0.2, 0.25) is 10.0 Å². The summed E-state index contributed by atoms with van der Waals surface area (Å²) in [6.45, 7) is 2.92. The van der Waals surface area contributed by atoms with Crippen LogP contribution in [0.1, 0.15) is 60.5 Å². The molecule has 4 atom stereocenters. The number of nitrogens with two attached hydrogens (primary N) is 1. The summed E-state index contributed by atoms with van der Waals surface area (Å²) in [5.41, 5.74) is 7.30. The van der Waals surface area contributed by atoms with Gasteiger partial charge in [-0.25, -0.2) is 14.3 Å². The van der Waals surface area contributed by atoms with Crippen molar-refractivity contribution >= 4 is 44.8 Å². The van der Waals surface area contributed by atoms with Gasteiger partial charge in [0.05, 0.1) is 30.9 Å². The number of pyridine rings is 2. The van der Waals surface area contributed by atoms with Crippen molar-refractivity contribution in [3.05, 3.63) is 86.9 Å². The van der Waals surface area contributed by atoms with Crippen molar-refractivity contribution in [3.8, 4) is 40.0 Å². The van der Waals surface area contributed by atoms with Crippen LogP contribution < -0.4 is 24.7 Å². The quantitative estimate of drug-likeness (QED) is 0.144. The number of halogens is 2. The van der Waals surface area contributed by atoms with Gasteiger partial charge in [0.15, 0.2) is 0 Å². The molecule has 3 N–H and O–H groups in total. The molecule has 1 saturated heterocycles. The summed E-state index contributed by atoms with van der Waals surface area (Å²) in [6.07, 6.45) is 5.30. The van der Waals surface area contributed by atoms with Gasteiger partial charge in [0.1, 0.15) is 26.8 Å². The van der Waals surface area contributed by atoms with Gasteiger partial charge in [-0.15, -0.1) is 4.36 Å². The van der Waals surface area contributed by atoms with E-state index in [4.69, 9.17) is 47.5 Å². The number of benzene rings is 2. The topological polar surface area (TPSA) is 158 Å². The largest absolute Gasteiger partial charge is 0.481 e. The Hall–Kier alpha value is -4.11. The third kappa shape index (κ3) is 9.03. The Labute approximate surface area is 337 Å². The number of likely N-dealkylation sites (tertiary alicyclic amines) is 1. The molecule has 1 saturated carbocycles. The molecule has 2 aliphatic carbocycles. The Morgan fingerprint density at radius 2 is 1.71 bits per heavy atom. The van der Waals surface area contributed by atoms with Gasteiger partial charge in [-0.1, -0.05) is 65.7 Å². The van der Waals surface area contributed by atoms with Gasteiger partial charge in [0.25, 0.3) is 5.91 Å². The molecule has 296 valence electrons. The smallest absolute Gasteiger partial charge is 0.259 e. The summed E-state index contributed by atoms with van der Waals surface area (Å²) >= 11 is 14.0. The number of hydrogen-bond acceptors (Lipinski definition) is 10. The molecule has 2 aromatic carbocycles. The first-order valence-electron chi connectivity index (χ1n) is 18.7. The zero-order valence-corrected chi connectivity index (χ0v) is 34.0. The van der Waals surface area contributed by atoms with Crippen LogP contribution in [0, 0.1) is 11.8 Å². The van der Waals surface area contributed by atoms with Crippen LogP contribution in [0.15, 0.2) is 59.0 Å². The fourth-order valence-corrected chi connectivity index (χ4v) is 9.06. The summed E-state index contributed by atoms with van der Waals surface area (Å²) in [4.78, 5) is 35.7. The van der Waals surface area contributed by atoms with Gasteiger partial charge >= 0.3 is 0 Å². The van der Waals surface area contributed by atoms with Gasteiger partial charge in [0, 0.05) is 61.0 Å². The van der Waals surface area contributed by atoms with Crippen LogP contribution in [0.5, 0.6) is 17.6 Å². The monoisotopic (exact) mass is 820 g/mol. The predicted molar refractivity (Wildman–Crippen MR) is 217 cm³/mol. The number of carbonyl (C=O) groups excluding carboxylic acids is 2. The summed E-state index contributed by atoms with van der Waals surface area (Å²) < 4.78 is 33.3. The molecule has 0 spiro atoms. The van der Waals surface area contributed by atoms with E-state index < -0.39 is 15.8 Å². The van der Waals surface area contributed by atoms with Crippen LogP contribution in [-0.2, 0) is 39.0 Å². The fraction of sp³-hybridized carbons (Fsp3) is 0.415. The lowest BCUT2D eigenvalue weighted by atomic mass is 9.94. The normalized spacial score (nSPS) is 20.5. The van der Waals surface area contributed by atoms with E-state index in [1.54, 1.807) is 20.3 Å². The number of fused-ring (bicyclic) bond motifs is 1. The average molecular weight is 822 g/mol. The second-order valence-electron chi connectivity index (χ2n) is 14.8. The van der Waals surface area contributed by atoms with Gasteiger partial charge in [-0.2, -0.15) is 4.98 Å². The highest BCUT2D eigenvalue weighted by Crippen LogP contribution is 2.45. The minimum Gasteiger partial charge on any atom is -0.481 e. The fourth-order valence-electron chi connectivity index (χ4n) is 8.01. The zero-order chi connectivity index (χ0) is 39.6. The van der Waals surface area contributed by atoms with E-state index in [2.05, 4.69) is 31.7 Å². The van der Waals surface area contributed by atoms with E-state index in [1.165, 1.54) is 6.26 Å². The molecule has 12 nitrogen and oxygen atoms in total. The highest BCUT2D eigenvalue weighted by molar-refractivity contribution is 7.91. The molecule has 7 rings (SSSR count). The van der Waals surface area contributed by atoms with E-state index in [9.17, 15) is 13.8 Å². The minimum atomic E-state index is -3.00. The molecule has 1 unspecified atom stereocenters. The third-order valence-electron chi connectivity index (χ3n) is 10.7. The molecule has 0 bridgehead atoms. The number of aromatic nitrogens is 2. The molecule has 4 aromatic rings. The standard InChI is InChI=1S/C41H46Cl2N6O6S/c1-53-39-25(21-45-20-24-10-12-28(50)18-24)11-14-35(46-39)33-9-5-8-32(37(33)43)29-6-4-7-31-30(29)13-15-36(31)55-41-34(42)19-27(40(47-41)54-2)23-49-17-16-26(22-49)38(51)48-56(3,44)52/h4-9,11,14,19,24,26,36,45H,10,12-13,15-18,20-23H2,1-3H3,(H2,44,48,51,52)/t24-,26-,36+,56?/m1/s1. The molecule has 0 radical (unpaired) electrons. The van der Waals surface area contributed by atoms with E-state index in [0.29, 0.717) is 84.6 Å². The Morgan fingerprint density at radius 1 is 0.964 bits per heavy atom. The average Bonchev–Trinajstić information content (AvgIpc) is 3.92. The third-order valence-corrected chi connectivity index (χ3v) is 11.9. The Kier molecular flexibility index (Phi) is 12.3. The van der Waals surface area contributed by atoms with E-state index in [1.807, 2.05) is 36.4 Å². The van der Waals surface area contributed by atoms with Gasteiger partial charge in [-0.05, 0) is 73.5 Å². The lowest BCUT2D eigenvalue weighted by Crippen LogP contribution is -2.24. The van der Waals surface area contributed by atoms with E-state index >= 15 is 0 Å². The number of carbonyl (C=O) groups is 2. The number of hydrogen-bond donors (Lipinski definition) is 2. The lowest BCUT2D eigenvalue weighted by Gasteiger charge is -2.20.